The minimum atomic E-state index is -0.248. The summed E-state index contributed by atoms with van der Waals surface area (Å²) in [4.78, 5) is 30.8. The lowest BCUT2D eigenvalue weighted by Gasteiger charge is -2.15. The van der Waals surface area contributed by atoms with Crippen LogP contribution in [-0.4, -0.2) is 43.6 Å². The second kappa shape index (κ2) is 8.42. The average Bonchev–Trinajstić information content (AvgIpc) is 3.45. The van der Waals surface area contributed by atoms with Crippen molar-refractivity contribution in [2.45, 2.75) is 26.2 Å². The maximum Gasteiger partial charge on any atom is 0.347 e. The molecule has 2 aromatic heterocycles. The van der Waals surface area contributed by atoms with Gasteiger partial charge in [0.2, 0.25) is 5.91 Å². The third-order valence-electron chi connectivity index (χ3n) is 6.22. The van der Waals surface area contributed by atoms with E-state index in [-0.39, 0.29) is 11.6 Å². The van der Waals surface area contributed by atoms with Crippen LogP contribution in [-0.2, 0) is 11.2 Å². The van der Waals surface area contributed by atoms with Gasteiger partial charge in [-0.05, 0) is 47.7 Å². The summed E-state index contributed by atoms with van der Waals surface area (Å²) in [5, 5.41) is 7.97. The van der Waals surface area contributed by atoms with Gasteiger partial charge in [-0.1, -0.05) is 37.3 Å². The summed E-state index contributed by atoms with van der Waals surface area (Å²) < 4.78 is 1.63. The second-order valence-electron chi connectivity index (χ2n) is 8.29. The van der Waals surface area contributed by atoms with Crippen molar-refractivity contribution >= 4 is 16.8 Å². The SMILES string of the molecule is CCC(=O)N1CCC(Cc2n[nH]c(=O)n2-c2ccc(-c3ccc4cccnc4c3)cc2)C1. The van der Waals surface area contributed by atoms with E-state index in [0.29, 0.717) is 24.6 Å². The van der Waals surface area contributed by atoms with Gasteiger partial charge in [-0.25, -0.2) is 14.5 Å². The summed E-state index contributed by atoms with van der Waals surface area (Å²) >= 11 is 0. The highest BCUT2D eigenvalue weighted by Crippen LogP contribution is 2.25. The van der Waals surface area contributed by atoms with Crippen molar-refractivity contribution in [3.63, 3.8) is 0 Å². The van der Waals surface area contributed by atoms with Crippen LogP contribution in [0.1, 0.15) is 25.6 Å². The molecule has 1 aliphatic heterocycles. The second-order valence-corrected chi connectivity index (χ2v) is 8.29. The Morgan fingerprint density at radius 2 is 1.94 bits per heavy atom. The number of rotatable bonds is 5. The van der Waals surface area contributed by atoms with Gasteiger partial charge in [-0.15, -0.1) is 0 Å². The summed E-state index contributed by atoms with van der Waals surface area (Å²) in [5.41, 5.74) is 3.62. The molecular weight excluding hydrogens is 402 g/mol. The number of hydrogen-bond acceptors (Lipinski definition) is 4. The van der Waals surface area contributed by atoms with Gasteiger partial charge < -0.3 is 4.90 Å². The first-order chi connectivity index (χ1) is 15.6. The van der Waals surface area contributed by atoms with Crippen LogP contribution >= 0.6 is 0 Å². The number of H-pyrrole nitrogens is 1. The molecule has 32 heavy (non-hydrogen) atoms. The van der Waals surface area contributed by atoms with Gasteiger partial charge >= 0.3 is 5.69 Å². The van der Waals surface area contributed by atoms with E-state index in [1.807, 2.05) is 48.2 Å². The van der Waals surface area contributed by atoms with Gasteiger partial charge in [0.25, 0.3) is 0 Å². The van der Waals surface area contributed by atoms with Gasteiger partial charge in [-0.2, -0.15) is 5.10 Å². The van der Waals surface area contributed by atoms with Crippen molar-refractivity contribution in [2.75, 3.05) is 13.1 Å². The number of pyridine rings is 1. The van der Waals surface area contributed by atoms with Crippen molar-refractivity contribution in [1.82, 2.24) is 24.6 Å². The lowest BCUT2D eigenvalue weighted by atomic mass is 10.0. The number of aromatic amines is 1. The Morgan fingerprint density at radius 1 is 1.12 bits per heavy atom. The van der Waals surface area contributed by atoms with E-state index in [4.69, 9.17) is 0 Å². The molecule has 1 fully saturated rings. The van der Waals surface area contributed by atoms with Gasteiger partial charge in [0.1, 0.15) is 5.82 Å². The predicted octanol–water partition coefficient (Wildman–Crippen LogP) is 3.58. The molecule has 7 heteroatoms. The standard InChI is InChI=1S/C25H25N5O2/c1-2-24(31)29-13-11-17(16-29)14-23-27-28-25(32)30(23)21-9-7-18(8-10-21)20-6-5-19-4-3-12-26-22(19)15-20/h3-10,12,15,17H,2,11,13-14,16H2,1H3,(H,28,32). The van der Waals surface area contributed by atoms with Crippen molar-refractivity contribution in [2.24, 2.45) is 5.92 Å². The smallest absolute Gasteiger partial charge is 0.342 e. The fourth-order valence-electron chi connectivity index (χ4n) is 4.49. The largest absolute Gasteiger partial charge is 0.347 e. The maximum absolute atomic E-state index is 12.5. The molecule has 0 spiro atoms. The van der Waals surface area contributed by atoms with Gasteiger partial charge in [0.05, 0.1) is 11.2 Å². The van der Waals surface area contributed by atoms with Crippen molar-refractivity contribution in [1.29, 1.82) is 0 Å². The highest BCUT2D eigenvalue weighted by atomic mass is 16.2. The van der Waals surface area contributed by atoms with Crippen LogP contribution in [0, 0.1) is 5.92 Å². The molecule has 2 aromatic carbocycles. The fourth-order valence-corrected chi connectivity index (χ4v) is 4.49. The van der Waals surface area contributed by atoms with Crippen molar-refractivity contribution in [3.8, 4) is 16.8 Å². The molecule has 3 heterocycles. The Hall–Kier alpha value is -3.74. The van der Waals surface area contributed by atoms with E-state index in [1.165, 1.54) is 0 Å². The van der Waals surface area contributed by atoms with Crippen LogP contribution in [0.5, 0.6) is 0 Å². The summed E-state index contributed by atoms with van der Waals surface area (Å²) in [5.74, 6) is 1.20. The Labute approximate surface area is 185 Å². The normalized spacial score (nSPS) is 16.0. The first-order valence-electron chi connectivity index (χ1n) is 11.0. The van der Waals surface area contributed by atoms with E-state index < -0.39 is 0 Å². The molecule has 0 saturated carbocycles. The fraction of sp³-hybridized carbons (Fsp3) is 0.280. The van der Waals surface area contributed by atoms with Gasteiger partial charge in [-0.3, -0.25) is 9.78 Å². The van der Waals surface area contributed by atoms with Crippen LogP contribution in [0.15, 0.2) is 65.6 Å². The van der Waals surface area contributed by atoms with Crippen LogP contribution < -0.4 is 5.69 Å². The number of likely N-dealkylation sites (tertiary alicyclic amines) is 1. The number of amides is 1. The van der Waals surface area contributed by atoms with E-state index in [9.17, 15) is 9.59 Å². The Kier molecular flexibility index (Phi) is 5.31. The quantitative estimate of drug-likeness (QED) is 0.528. The number of aromatic nitrogens is 4. The number of hydrogen-bond donors (Lipinski definition) is 1. The molecule has 1 aliphatic rings. The Bertz CT molecular complexity index is 1320. The van der Waals surface area contributed by atoms with E-state index in [0.717, 1.165) is 47.2 Å². The molecule has 5 rings (SSSR count). The number of carbonyl (C=O) groups excluding carboxylic acids is 1. The monoisotopic (exact) mass is 427 g/mol. The third-order valence-corrected chi connectivity index (χ3v) is 6.22. The number of carbonyl (C=O) groups is 1. The topological polar surface area (TPSA) is 83.9 Å². The highest BCUT2D eigenvalue weighted by molar-refractivity contribution is 5.84. The Balaban J connectivity index is 1.38. The summed E-state index contributed by atoms with van der Waals surface area (Å²) in [6.07, 6.45) is 3.91. The van der Waals surface area contributed by atoms with Crippen molar-refractivity contribution in [3.05, 3.63) is 77.1 Å². The number of nitrogens with one attached hydrogen (secondary N) is 1. The minimum Gasteiger partial charge on any atom is -0.342 e. The zero-order valence-corrected chi connectivity index (χ0v) is 18.0. The number of benzene rings is 2. The summed E-state index contributed by atoms with van der Waals surface area (Å²) in [6.45, 7) is 3.39. The number of nitrogens with zero attached hydrogens (tertiary/aromatic N) is 4. The Morgan fingerprint density at radius 3 is 2.75 bits per heavy atom. The minimum absolute atomic E-state index is 0.186. The molecule has 162 valence electrons. The molecule has 4 aromatic rings. The van der Waals surface area contributed by atoms with E-state index >= 15 is 0 Å². The molecule has 0 bridgehead atoms. The summed E-state index contributed by atoms with van der Waals surface area (Å²) in [6, 6.07) is 18.1. The number of fused-ring (bicyclic) bond motifs is 1. The first kappa shape index (κ1) is 20.2. The van der Waals surface area contributed by atoms with E-state index in [1.54, 1.807) is 10.8 Å². The lowest BCUT2D eigenvalue weighted by Crippen LogP contribution is -2.28. The van der Waals surface area contributed by atoms with Gasteiger partial charge in [0, 0.05) is 37.5 Å². The third kappa shape index (κ3) is 3.82. The maximum atomic E-state index is 12.5. The molecule has 1 unspecified atom stereocenters. The molecule has 1 N–H and O–H groups in total. The molecular formula is C25H25N5O2. The predicted molar refractivity (Wildman–Crippen MR) is 124 cm³/mol. The molecule has 7 nitrogen and oxygen atoms in total. The van der Waals surface area contributed by atoms with Crippen molar-refractivity contribution < 1.29 is 4.79 Å². The highest BCUT2D eigenvalue weighted by Gasteiger charge is 2.27. The summed E-state index contributed by atoms with van der Waals surface area (Å²) in [7, 11) is 0. The molecule has 1 atom stereocenters. The van der Waals surface area contributed by atoms with Crippen LogP contribution in [0.3, 0.4) is 0 Å². The average molecular weight is 428 g/mol. The van der Waals surface area contributed by atoms with E-state index in [2.05, 4.69) is 33.4 Å². The molecule has 1 saturated heterocycles. The molecule has 0 radical (unpaired) electrons. The lowest BCUT2D eigenvalue weighted by molar-refractivity contribution is -0.129. The van der Waals surface area contributed by atoms with Crippen LogP contribution in [0.25, 0.3) is 27.7 Å². The van der Waals surface area contributed by atoms with Crippen LogP contribution in [0.2, 0.25) is 0 Å². The first-order valence-corrected chi connectivity index (χ1v) is 11.0. The molecule has 0 aliphatic carbocycles. The zero-order chi connectivity index (χ0) is 22.1. The van der Waals surface area contributed by atoms with Crippen LogP contribution in [0.4, 0.5) is 0 Å². The van der Waals surface area contributed by atoms with Gasteiger partial charge in [0.15, 0.2) is 0 Å². The molecule has 1 amide bonds. The zero-order valence-electron chi connectivity index (χ0n) is 18.0.